The molecule has 3 heterocycles. The van der Waals surface area contributed by atoms with Crippen LogP contribution in [0.3, 0.4) is 0 Å². The molecule has 0 N–H and O–H groups in total. The van der Waals surface area contributed by atoms with Gasteiger partial charge in [0.25, 0.3) is 0 Å². The van der Waals surface area contributed by atoms with Gasteiger partial charge in [-0.1, -0.05) is 6.07 Å². The Morgan fingerprint density at radius 3 is 2.24 bits per heavy atom. The van der Waals surface area contributed by atoms with E-state index >= 15 is 0 Å². The van der Waals surface area contributed by atoms with Crippen LogP contribution in [0.5, 0.6) is 0 Å². The summed E-state index contributed by atoms with van der Waals surface area (Å²) in [5, 5.41) is 0. The van der Waals surface area contributed by atoms with E-state index in [0.717, 1.165) is 16.7 Å². The number of hydrogen-bond donors (Lipinski definition) is 0. The lowest BCUT2D eigenvalue weighted by Crippen LogP contribution is -2.41. The van der Waals surface area contributed by atoms with Gasteiger partial charge in [0.1, 0.15) is 6.33 Å². The van der Waals surface area contributed by atoms with E-state index in [2.05, 4.69) is 15.0 Å². The maximum atomic E-state index is 6.09. The third kappa shape index (κ3) is 2.45. The smallest absolute Gasteiger partial charge is 0.398 e. The van der Waals surface area contributed by atoms with Gasteiger partial charge in [-0.25, -0.2) is 9.97 Å². The zero-order chi connectivity index (χ0) is 15.1. The summed E-state index contributed by atoms with van der Waals surface area (Å²) in [6.45, 7) is 8.12. The van der Waals surface area contributed by atoms with Crippen LogP contribution in [0.25, 0.3) is 11.1 Å². The molecule has 1 aliphatic rings. The summed E-state index contributed by atoms with van der Waals surface area (Å²) in [6, 6.07) is 3.86. The Morgan fingerprint density at radius 1 is 1.00 bits per heavy atom. The molecule has 0 radical (unpaired) electrons. The molecule has 0 saturated carbocycles. The first-order valence-electron chi connectivity index (χ1n) is 6.97. The van der Waals surface area contributed by atoms with Crippen LogP contribution < -0.4 is 5.59 Å². The van der Waals surface area contributed by atoms with Gasteiger partial charge in [-0.3, -0.25) is 4.98 Å². The van der Waals surface area contributed by atoms with Crippen LogP contribution >= 0.6 is 0 Å². The predicted octanol–water partition coefficient (Wildman–Crippen LogP) is 1.84. The van der Waals surface area contributed by atoms with Crippen LogP contribution in [0, 0.1) is 0 Å². The van der Waals surface area contributed by atoms with Crippen LogP contribution in [-0.4, -0.2) is 33.3 Å². The van der Waals surface area contributed by atoms with E-state index in [0.29, 0.717) is 0 Å². The molecule has 0 aromatic carbocycles. The van der Waals surface area contributed by atoms with Crippen molar-refractivity contribution in [3.63, 3.8) is 0 Å². The number of rotatable bonds is 2. The Hall–Kier alpha value is -1.79. The highest BCUT2D eigenvalue weighted by Crippen LogP contribution is 2.36. The molecule has 1 saturated heterocycles. The van der Waals surface area contributed by atoms with E-state index in [9.17, 15) is 0 Å². The molecule has 5 nitrogen and oxygen atoms in total. The first-order valence-corrected chi connectivity index (χ1v) is 6.97. The molecular weight excluding hydrogens is 265 g/mol. The first-order chi connectivity index (χ1) is 9.91. The molecule has 6 heteroatoms. The molecule has 21 heavy (non-hydrogen) atoms. The minimum atomic E-state index is -0.494. The summed E-state index contributed by atoms with van der Waals surface area (Å²) in [5.41, 5.74) is 1.80. The molecule has 108 valence electrons. The summed E-state index contributed by atoms with van der Waals surface area (Å²) < 4.78 is 12.2. The van der Waals surface area contributed by atoms with Crippen LogP contribution in [0.15, 0.2) is 37.1 Å². The van der Waals surface area contributed by atoms with Gasteiger partial charge in [0.2, 0.25) is 0 Å². The average Bonchev–Trinajstić information content (AvgIpc) is 2.68. The van der Waals surface area contributed by atoms with Crippen molar-refractivity contribution in [2.75, 3.05) is 0 Å². The fourth-order valence-electron chi connectivity index (χ4n) is 2.24. The van der Waals surface area contributed by atoms with Crippen LogP contribution in [0.1, 0.15) is 27.7 Å². The molecule has 0 unspecified atom stereocenters. The zero-order valence-corrected chi connectivity index (χ0v) is 12.7. The van der Waals surface area contributed by atoms with Crippen molar-refractivity contribution in [3.05, 3.63) is 37.1 Å². The van der Waals surface area contributed by atoms with Crippen molar-refractivity contribution in [1.82, 2.24) is 15.0 Å². The highest BCUT2D eigenvalue weighted by atomic mass is 16.7. The van der Waals surface area contributed by atoms with E-state index in [1.807, 2.05) is 39.8 Å². The van der Waals surface area contributed by atoms with Gasteiger partial charge >= 0.3 is 7.12 Å². The molecule has 2 aromatic heterocycles. The summed E-state index contributed by atoms with van der Waals surface area (Å²) >= 11 is 0. The standard InChI is InChI=1S/C15H18BN3O2/c1-14(2)15(3,4)21-16(20-14)13-12(6-5-7-19-13)11-8-17-10-18-9-11/h5-10H,1-4H3. The molecular formula is C15H18BN3O2. The highest BCUT2D eigenvalue weighted by molar-refractivity contribution is 6.62. The molecule has 1 fully saturated rings. The number of nitrogens with zero attached hydrogens (tertiary/aromatic N) is 3. The average molecular weight is 283 g/mol. The largest absolute Gasteiger partial charge is 0.515 e. The summed E-state index contributed by atoms with van der Waals surface area (Å²) in [6.07, 6.45) is 6.78. The normalized spacial score (nSPS) is 19.7. The van der Waals surface area contributed by atoms with Crippen molar-refractivity contribution < 1.29 is 9.31 Å². The molecule has 3 rings (SSSR count). The summed E-state index contributed by atoms with van der Waals surface area (Å²) in [5.74, 6) is 0. The first kappa shape index (κ1) is 14.2. The monoisotopic (exact) mass is 283 g/mol. The second kappa shape index (κ2) is 4.89. The Morgan fingerprint density at radius 2 is 1.62 bits per heavy atom. The molecule has 0 atom stereocenters. The summed E-state index contributed by atoms with van der Waals surface area (Å²) in [7, 11) is -0.494. The third-order valence-corrected chi connectivity index (χ3v) is 4.19. The minimum absolute atomic E-state index is 0.389. The minimum Gasteiger partial charge on any atom is -0.398 e. The molecule has 0 aliphatic carbocycles. The van der Waals surface area contributed by atoms with E-state index < -0.39 is 7.12 Å². The van der Waals surface area contributed by atoms with E-state index in [4.69, 9.17) is 9.31 Å². The number of aromatic nitrogens is 3. The van der Waals surface area contributed by atoms with Gasteiger partial charge in [0.05, 0.1) is 16.8 Å². The van der Waals surface area contributed by atoms with Crippen LogP contribution in [0.4, 0.5) is 0 Å². The predicted molar refractivity (Wildman–Crippen MR) is 81.0 cm³/mol. The van der Waals surface area contributed by atoms with E-state index in [1.165, 1.54) is 6.33 Å². The fourth-order valence-corrected chi connectivity index (χ4v) is 2.24. The van der Waals surface area contributed by atoms with Crippen LogP contribution in [-0.2, 0) is 9.31 Å². The van der Waals surface area contributed by atoms with Gasteiger partial charge in [0, 0.05) is 29.7 Å². The quantitative estimate of drug-likeness (QED) is 0.787. The van der Waals surface area contributed by atoms with Crippen molar-refractivity contribution >= 4 is 12.7 Å². The van der Waals surface area contributed by atoms with Gasteiger partial charge in [-0.2, -0.15) is 0 Å². The topological polar surface area (TPSA) is 57.1 Å². The van der Waals surface area contributed by atoms with Crippen LogP contribution in [0.2, 0.25) is 0 Å². The van der Waals surface area contributed by atoms with Crippen molar-refractivity contribution in [3.8, 4) is 11.1 Å². The lowest BCUT2D eigenvalue weighted by Gasteiger charge is -2.32. The van der Waals surface area contributed by atoms with Gasteiger partial charge in [0.15, 0.2) is 0 Å². The Balaban J connectivity index is 2.02. The second-order valence-corrected chi connectivity index (χ2v) is 6.15. The molecule has 1 aliphatic heterocycles. The highest BCUT2D eigenvalue weighted by Gasteiger charge is 2.52. The van der Waals surface area contributed by atoms with Crippen molar-refractivity contribution in [2.24, 2.45) is 0 Å². The zero-order valence-electron chi connectivity index (χ0n) is 12.7. The fraction of sp³-hybridized carbons (Fsp3) is 0.400. The molecule has 0 amide bonds. The maximum Gasteiger partial charge on any atom is 0.515 e. The number of pyridine rings is 1. The van der Waals surface area contributed by atoms with Gasteiger partial charge in [-0.15, -0.1) is 0 Å². The molecule has 2 aromatic rings. The van der Waals surface area contributed by atoms with Crippen molar-refractivity contribution in [1.29, 1.82) is 0 Å². The van der Waals surface area contributed by atoms with E-state index in [-0.39, 0.29) is 11.2 Å². The number of hydrogen-bond acceptors (Lipinski definition) is 5. The van der Waals surface area contributed by atoms with Gasteiger partial charge < -0.3 is 9.31 Å². The molecule has 0 spiro atoms. The molecule has 0 bridgehead atoms. The maximum absolute atomic E-state index is 6.09. The lowest BCUT2D eigenvalue weighted by atomic mass is 9.79. The Labute approximate surface area is 124 Å². The van der Waals surface area contributed by atoms with Gasteiger partial charge in [-0.05, 0) is 33.8 Å². The lowest BCUT2D eigenvalue weighted by molar-refractivity contribution is 0.00578. The Bertz CT molecular complexity index is 630. The Kier molecular flexibility index (Phi) is 3.30. The van der Waals surface area contributed by atoms with Crippen molar-refractivity contribution in [2.45, 2.75) is 38.9 Å². The van der Waals surface area contributed by atoms with E-state index in [1.54, 1.807) is 18.6 Å². The second-order valence-electron chi connectivity index (χ2n) is 6.15. The summed E-state index contributed by atoms with van der Waals surface area (Å²) in [4.78, 5) is 12.6. The SMILES string of the molecule is CC1(C)OB(c2ncccc2-c2cncnc2)OC1(C)C. The third-order valence-electron chi connectivity index (χ3n) is 4.19.